The van der Waals surface area contributed by atoms with Gasteiger partial charge in [0.15, 0.2) is 6.10 Å². The quantitative estimate of drug-likeness (QED) is 0.900. The maximum absolute atomic E-state index is 13.8. The van der Waals surface area contributed by atoms with Crippen molar-refractivity contribution < 1.29 is 28.2 Å². The highest BCUT2D eigenvalue weighted by molar-refractivity contribution is 5.83. The Morgan fingerprint density at radius 2 is 1.87 bits per heavy atom. The smallest absolute Gasteiger partial charge is 0.332 e. The molecule has 1 aliphatic carbocycles. The van der Waals surface area contributed by atoms with Crippen molar-refractivity contribution in [2.24, 2.45) is 0 Å². The highest BCUT2D eigenvalue weighted by Gasteiger charge is 2.41. The molecule has 0 aromatic heterocycles. The van der Waals surface area contributed by atoms with Crippen LogP contribution in [-0.4, -0.2) is 40.1 Å². The Labute approximate surface area is 131 Å². The van der Waals surface area contributed by atoms with Gasteiger partial charge in [-0.3, -0.25) is 4.79 Å². The summed E-state index contributed by atoms with van der Waals surface area (Å²) in [7, 11) is 0. The predicted octanol–water partition coefficient (Wildman–Crippen LogP) is 2.09. The van der Waals surface area contributed by atoms with Gasteiger partial charge in [-0.2, -0.15) is 0 Å². The third-order valence-electron chi connectivity index (χ3n) is 4.20. The van der Waals surface area contributed by atoms with Crippen molar-refractivity contribution >= 4 is 11.9 Å². The predicted molar refractivity (Wildman–Crippen MR) is 75.5 cm³/mol. The van der Waals surface area contributed by atoms with Crippen LogP contribution in [0, 0.1) is 11.6 Å². The SMILES string of the molecule is O=C(O)[C@H]1CC[C@@H](C(=O)N(Cc2ccc(F)cc2F)C2CC2)O1. The number of carboxylic acids is 1. The molecule has 2 aliphatic rings. The summed E-state index contributed by atoms with van der Waals surface area (Å²) in [5.41, 5.74) is 0.236. The molecule has 2 atom stereocenters. The van der Waals surface area contributed by atoms with Crippen LogP contribution in [0.2, 0.25) is 0 Å². The number of rotatable bonds is 5. The summed E-state index contributed by atoms with van der Waals surface area (Å²) >= 11 is 0. The largest absolute Gasteiger partial charge is 0.479 e. The molecule has 5 nitrogen and oxygen atoms in total. The first-order valence-corrected chi connectivity index (χ1v) is 7.58. The number of carboxylic acid groups (broad SMARTS) is 1. The van der Waals surface area contributed by atoms with Crippen LogP contribution in [0.5, 0.6) is 0 Å². The lowest BCUT2D eigenvalue weighted by atomic mass is 10.1. The molecule has 1 aliphatic heterocycles. The van der Waals surface area contributed by atoms with E-state index in [1.165, 1.54) is 11.0 Å². The summed E-state index contributed by atoms with van der Waals surface area (Å²) in [4.78, 5) is 25.0. The molecule has 124 valence electrons. The number of aliphatic carboxylic acids is 1. The van der Waals surface area contributed by atoms with Crippen molar-refractivity contribution in [2.75, 3.05) is 0 Å². The Bertz CT molecular complexity index is 633. The van der Waals surface area contributed by atoms with E-state index in [0.29, 0.717) is 6.42 Å². The summed E-state index contributed by atoms with van der Waals surface area (Å²) in [5.74, 6) is -2.76. The van der Waals surface area contributed by atoms with Crippen molar-refractivity contribution in [3.05, 3.63) is 35.4 Å². The van der Waals surface area contributed by atoms with Crippen molar-refractivity contribution in [2.45, 2.75) is 50.5 Å². The second-order valence-electron chi connectivity index (χ2n) is 5.96. The lowest BCUT2D eigenvalue weighted by Crippen LogP contribution is -2.40. The maximum Gasteiger partial charge on any atom is 0.332 e. The van der Waals surface area contributed by atoms with Crippen LogP contribution >= 0.6 is 0 Å². The Morgan fingerprint density at radius 3 is 2.43 bits per heavy atom. The fraction of sp³-hybridized carbons (Fsp3) is 0.500. The fourth-order valence-electron chi connectivity index (χ4n) is 2.79. The number of carbonyl (C=O) groups excluding carboxylic acids is 1. The molecule has 0 bridgehead atoms. The van der Waals surface area contributed by atoms with Gasteiger partial charge >= 0.3 is 5.97 Å². The zero-order chi connectivity index (χ0) is 16.6. The minimum absolute atomic E-state index is 0.0134. The number of benzene rings is 1. The lowest BCUT2D eigenvalue weighted by Gasteiger charge is -2.25. The molecule has 23 heavy (non-hydrogen) atoms. The third-order valence-corrected chi connectivity index (χ3v) is 4.20. The topological polar surface area (TPSA) is 66.8 Å². The first-order chi connectivity index (χ1) is 11.0. The van der Waals surface area contributed by atoms with Crippen LogP contribution in [0.15, 0.2) is 18.2 Å². The Balaban J connectivity index is 1.72. The lowest BCUT2D eigenvalue weighted by molar-refractivity contribution is -0.155. The van der Waals surface area contributed by atoms with E-state index >= 15 is 0 Å². The Morgan fingerprint density at radius 1 is 1.17 bits per heavy atom. The molecule has 3 rings (SSSR count). The molecule has 0 spiro atoms. The van der Waals surface area contributed by atoms with Gasteiger partial charge < -0.3 is 14.7 Å². The number of carbonyl (C=O) groups is 2. The molecule has 0 unspecified atom stereocenters. The van der Waals surface area contributed by atoms with Gasteiger partial charge in [0.2, 0.25) is 0 Å². The van der Waals surface area contributed by atoms with Gasteiger partial charge in [-0.25, -0.2) is 13.6 Å². The van der Waals surface area contributed by atoms with Gasteiger partial charge in [0.25, 0.3) is 5.91 Å². The second kappa shape index (κ2) is 6.23. The number of amides is 1. The van der Waals surface area contributed by atoms with E-state index in [-0.39, 0.29) is 30.5 Å². The third kappa shape index (κ3) is 3.50. The van der Waals surface area contributed by atoms with Crippen molar-refractivity contribution in [1.29, 1.82) is 0 Å². The highest BCUT2D eigenvalue weighted by Crippen LogP contribution is 2.32. The van der Waals surface area contributed by atoms with Gasteiger partial charge in [0.1, 0.15) is 17.7 Å². The van der Waals surface area contributed by atoms with Crippen LogP contribution < -0.4 is 0 Å². The van der Waals surface area contributed by atoms with E-state index in [1.54, 1.807) is 0 Å². The Hall–Kier alpha value is -2.02. The zero-order valence-electron chi connectivity index (χ0n) is 12.4. The molecule has 7 heteroatoms. The Kier molecular flexibility index (Phi) is 4.30. The number of halogens is 2. The number of nitrogens with zero attached hydrogens (tertiary/aromatic N) is 1. The molecule has 1 amide bonds. The van der Waals surface area contributed by atoms with Gasteiger partial charge in [0, 0.05) is 24.2 Å². The first kappa shape index (κ1) is 15.9. The summed E-state index contributed by atoms with van der Waals surface area (Å²) in [6.07, 6.45) is 0.501. The zero-order valence-corrected chi connectivity index (χ0v) is 12.4. The van der Waals surface area contributed by atoms with E-state index in [1.807, 2.05) is 0 Å². The van der Waals surface area contributed by atoms with Crippen LogP contribution in [0.25, 0.3) is 0 Å². The monoisotopic (exact) mass is 325 g/mol. The van der Waals surface area contributed by atoms with E-state index in [0.717, 1.165) is 25.0 Å². The van der Waals surface area contributed by atoms with E-state index in [4.69, 9.17) is 9.84 Å². The fourth-order valence-corrected chi connectivity index (χ4v) is 2.79. The molecule has 2 fully saturated rings. The normalized spacial score (nSPS) is 23.7. The second-order valence-corrected chi connectivity index (χ2v) is 5.96. The molecule has 1 saturated carbocycles. The summed E-state index contributed by atoms with van der Waals surface area (Å²) in [6.45, 7) is 0.0349. The molecule has 1 saturated heterocycles. The van der Waals surface area contributed by atoms with E-state index < -0.39 is 29.8 Å². The minimum Gasteiger partial charge on any atom is -0.479 e. The van der Waals surface area contributed by atoms with Crippen molar-refractivity contribution in [3.8, 4) is 0 Å². The number of ether oxygens (including phenoxy) is 1. The number of hydrogen-bond donors (Lipinski definition) is 1. The van der Waals surface area contributed by atoms with Crippen LogP contribution in [0.4, 0.5) is 8.78 Å². The van der Waals surface area contributed by atoms with E-state index in [9.17, 15) is 18.4 Å². The van der Waals surface area contributed by atoms with Gasteiger partial charge in [-0.1, -0.05) is 6.07 Å². The average molecular weight is 325 g/mol. The molecule has 0 radical (unpaired) electrons. The van der Waals surface area contributed by atoms with Gasteiger partial charge in [-0.15, -0.1) is 0 Å². The molecule has 1 heterocycles. The molecule has 1 N–H and O–H groups in total. The van der Waals surface area contributed by atoms with Crippen LogP contribution in [-0.2, 0) is 20.9 Å². The molecular weight excluding hydrogens is 308 g/mol. The van der Waals surface area contributed by atoms with Crippen molar-refractivity contribution in [1.82, 2.24) is 4.90 Å². The summed E-state index contributed by atoms with van der Waals surface area (Å²) in [5, 5.41) is 8.94. The summed E-state index contributed by atoms with van der Waals surface area (Å²) in [6, 6.07) is 3.28. The number of hydrogen-bond acceptors (Lipinski definition) is 3. The van der Waals surface area contributed by atoms with Crippen LogP contribution in [0.3, 0.4) is 0 Å². The molecular formula is C16H17F2NO4. The minimum atomic E-state index is -1.08. The molecule has 1 aromatic carbocycles. The first-order valence-electron chi connectivity index (χ1n) is 7.58. The summed E-state index contributed by atoms with van der Waals surface area (Å²) < 4.78 is 32.1. The molecule has 1 aromatic rings. The average Bonchev–Trinajstić information content (AvgIpc) is 3.21. The standard InChI is InChI=1S/C16H17F2NO4/c17-10-2-1-9(12(18)7-10)8-19(11-3-4-11)15(20)13-5-6-14(23-13)16(21)22/h1-2,7,11,13-14H,3-6,8H2,(H,21,22)/t13-,14+/m0/s1. The van der Waals surface area contributed by atoms with E-state index in [2.05, 4.69) is 0 Å². The maximum atomic E-state index is 13.8. The van der Waals surface area contributed by atoms with Crippen LogP contribution in [0.1, 0.15) is 31.2 Å². The van der Waals surface area contributed by atoms with Gasteiger partial charge in [-0.05, 0) is 31.7 Å². The highest BCUT2D eigenvalue weighted by atomic mass is 19.1. The van der Waals surface area contributed by atoms with Crippen molar-refractivity contribution in [3.63, 3.8) is 0 Å². The van der Waals surface area contributed by atoms with Gasteiger partial charge in [0.05, 0.1) is 0 Å².